The van der Waals surface area contributed by atoms with Crippen molar-refractivity contribution in [2.24, 2.45) is 5.41 Å². The molecule has 0 spiro atoms. The van der Waals surface area contributed by atoms with Gasteiger partial charge in [0.15, 0.2) is 0 Å². The van der Waals surface area contributed by atoms with Crippen molar-refractivity contribution in [1.82, 2.24) is 4.98 Å². The van der Waals surface area contributed by atoms with Gasteiger partial charge < -0.3 is 10.4 Å². The van der Waals surface area contributed by atoms with Gasteiger partial charge in [-0.25, -0.2) is 0 Å². The highest BCUT2D eigenvalue weighted by molar-refractivity contribution is 5.91. The van der Waals surface area contributed by atoms with Crippen LogP contribution in [0.1, 0.15) is 37.8 Å². The van der Waals surface area contributed by atoms with E-state index in [-0.39, 0.29) is 12.0 Å². The maximum Gasteiger partial charge on any atom is 0.0725 e. The molecule has 0 radical (unpaired) electrons. The molecule has 21 heavy (non-hydrogen) atoms. The largest absolute Gasteiger partial charge is 0.396 e. The molecule has 0 aliphatic heterocycles. The van der Waals surface area contributed by atoms with E-state index >= 15 is 0 Å². The molecule has 3 nitrogen and oxygen atoms in total. The number of para-hydroxylation sites is 1. The highest BCUT2D eigenvalue weighted by atomic mass is 16.3. The lowest BCUT2D eigenvalue weighted by Gasteiger charge is -2.36. The van der Waals surface area contributed by atoms with E-state index in [0.29, 0.717) is 0 Å². The second kappa shape index (κ2) is 6.02. The number of anilines is 1. The van der Waals surface area contributed by atoms with Gasteiger partial charge in [-0.05, 0) is 31.9 Å². The number of hydrogen-bond acceptors (Lipinski definition) is 3. The van der Waals surface area contributed by atoms with Crippen LogP contribution in [0.2, 0.25) is 0 Å². The first kappa shape index (κ1) is 14.3. The average Bonchev–Trinajstić information content (AvgIpc) is 2.53. The molecule has 1 aromatic carbocycles. The molecule has 3 rings (SSSR count). The molecule has 0 amide bonds. The van der Waals surface area contributed by atoms with Crippen LogP contribution in [0.25, 0.3) is 10.9 Å². The number of hydrogen-bond donors (Lipinski definition) is 2. The van der Waals surface area contributed by atoms with Gasteiger partial charge in [0.2, 0.25) is 0 Å². The maximum atomic E-state index is 9.84. The first-order chi connectivity index (χ1) is 10.2. The Hall–Kier alpha value is -1.61. The summed E-state index contributed by atoms with van der Waals surface area (Å²) in [6.07, 6.45) is 6.02. The van der Waals surface area contributed by atoms with E-state index in [4.69, 9.17) is 0 Å². The minimum atomic E-state index is 0.0521. The molecule has 2 aromatic rings. The molecule has 0 bridgehead atoms. The van der Waals surface area contributed by atoms with Gasteiger partial charge >= 0.3 is 0 Å². The van der Waals surface area contributed by atoms with E-state index in [1.54, 1.807) is 0 Å². The number of aromatic nitrogens is 1. The quantitative estimate of drug-likeness (QED) is 0.895. The molecule has 2 N–H and O–H groups in total. The van der Waals surface area contributed by atoms with Crippen LogP contribution in [-0.4, -0.2) is 23.2 Å². The van der Waals surface area contributed by atoms with Crippen molar-refractivity contribution in [2.75, 3.05) is 18.5 Å². The number of fused-ring (bicyclic) bond motifs is 1. The van der Waals surface area contributed by atoms with Crippen LogP contribution in [0.5, 0.6) is 0 Å². The molecular weight excluding hydrogens is 260 g/mol. The Morgan fingerprint density at radius 1 is 1.19 bits per heavy atom. The Morgan fingerprint density at radius 3 is 2.71 bits per heavy atom. The summed E-state index contributed by atoms with van der Waals surface area (Å²) in [5, 5.41) is 14.6. The van der Waals surface area contributed by atoms with Crippen molar-refractivity contribution in [3.05, 3.63) is 36.0 Å². The SMILES string of the molecule is Cc1cc(NCC2(CO)CCCCC2)c2ccccc2n1. The minimum absolute atomic E-state index is 0.0521. The molecule has 1 aliphatic carbocycles. The fraction of sp³-hybridized carbons (Fsp3) is 0.500. The highest BCUT2D eigenvalue weighted by Crippen LogP contribution is 2.36. The van der Waals surface area contributed by atoms with Crippen LogP contribution in [0.15, 0.2) is 30.3 Å². The van der Waals surface area contributed by atoms with Gasteiger partial charge in [0.05, 0.1) is 12.1 Å². The number of aliphatic hydroxyl groups excluding tert-OH is 1. The normalized spacial score (nSPS) is 17.8. The maximum absolute atomic E-state index is 9.84. The Morgan fingerprint density at radius 2 is 1.95 bits per heavy atom. The van der Waals surface area contributed by atoms with Crippen LogP contribution in [0.4, 0.5) is 5.69 Å². The third-order valence-corrected chi connectivity index (χ3v) is 4.75. The molecule has 1 aliphatic rings. The lowest BCUT2D eigenvalue weighted by atomic mass is 9.74. The van der Waals surface area contributed by atoms with Gasteiger partial charge in [-0.15, -0.1) is 0 Å². The van der Waals surface area contributed by atoms with Crippen LogP contribution in [-0.2, 0) is 0 Å². The summed E-state index contributed by atoms with van der Waals surface area (Å²) in [5.74, 6) is 0. The molecular formula is C18H24N2O. The molecule has 1 aromatic heterocycles. The van der Waals surface area contributed by atoms with E-state index in [0.717, 1.165) is 41.7 Å². The van der Waals surface area contributed by atoms with Crippen molar-refractivity contribution in [3.8, 4) is 0 Å². The zero-order chi connectivity index (χ0) is 14.7. The molecule has 1 heterocycles. The number of nitrogens with one attached hydrogen (secondary N) is 1. The predicted molar refractivity (Wildman–Crippen MR) is 87.6 cm³/mol. The third kappa shape index (κ3) is 3.03. The predicted octanol–water partition coefficient (Wildman–Crippen LogP) is 3.90. The lowest BCUT2D eigenvalue weighted by molar-refractivity contribution is 0.0944. The van der Waals surface area contributed by atoms with E-state index in [1.807, 2.05) is 19.1 Å². The van der Waals surface area contributed by atoms with Crippen LogP contribution >= 0.6 is 0 Å². The third-order valence-electron chi connectivity index (χ3n) is 4.75. The summed E-state index contributed by atoms with van der Waals surface area (Å²) in [5.41, 5.74) is 3.24. The van der Waals surface area contributed by atoms with Crippen molar-refractivity contribution < 1.29 is 5.11 Å². The number of aliphatic hydroxyl groups is 1. The second-order valence-corrected chi connectivity index (χ2v) is 6.40. The topological polar surface area (TPSA) is 45.1 Å². The zero-order valence-electron chi connectivity index (χ0n) is 12.7. The van der Waals surface area contributed by atoms with Gasteiger partial charge in [-0.1, -0.05) is 37.5 Å². The van der Waals surface area contributed by atoms with Gasteiger partial charge in [-0.2, -0.15) is 0 Å². The number of pyridine rings is 1. The van der Waals surface area contributed by atoms with Crippen molar-refractivity contribution in [1.29, 1.82) is 0 Å². The average molecular weight is 284 g/mol. The van der Waals surface area contributed by atoms with Gasteiger partial charge in [0.25, 0.3) is 0 Å². The molecule has 0 unspecified atom stereocenters. The number of nitrogens with zero attached hydrogens (tertiary/aromatic N) is 1. The standard InChI is InChI=1S/C18H24N2O/c1-14-11-17(15-7-3-4-8-16(15)20-14)19-12-18(13-21)9-5-2-6-10-18/h3-4,7-8,11,21H,2,5-6,9-10,12-13H2,1H3,(H,19,20). The molecule has 1 fully saturated rings. The van der Waals surface area contributed by atoms with Crippen LogP contribution in [0, 0.1) is 12.3 Å². The summed E-state index contributed by atoms with van der Waals surface area (Å²) in [7, 11) is 0. The summed E-state index contributed by atoms with van der Waals surface area (Å²) < 4.78 is 0. The summed E-state index contributed by atoms with van der Waals surface area (Å²) in [4.78, 5) is 4.58. The zero-order valence-corrected chi connectivity index (χ0v) is 12.7. The second-order valence-electron chi connectivity index (χ2n) is 6.40. The van der Waals surface area contributed by atoms with Crippen LogP contribution in [0.3, 0.4) is 0 Å². The van der Waals surface area contributed by atoms with E-state index in [2.05, 4.69) is 28.5 Å². The van der Waals surface area contributed by atoms with Crippen molar-refractivity contribution >= 4 is 16.6 Å². The summed E-state index contributed by atoms with van der Waals surface area (Å²) in [6, 6.07) is 10.3. The Balaban J connectivity index is 1.84. The highest BCUT2D eigenvalue weighted by Gasteiger charge is 2.31. The smallest absolute Gasteiger partial charge is 0.0725 e. The summed E-state index contributed by atoms with van der Waals surface area (Å²) in [6.45, 7) is 3.15. The molecule has 112 valence electrons. The minimum Gasteiger partial charge on any atom is -0.396 e. The van der Waals surface area contributed by atoms with Gasteiger partial charge in [-0.3, -0.25) is 4.98 Å². The number of rotatable bonds is 4. The number of aryl methyl sites for hydroxylation is 1. The van der Waals surface area contributed by atoms with E-state index < -0.39 is 0 Å². The van der Waals surface area contributed by atoms with E-state index in [1.165, 1.54) is 19.3 Å². The van der Waals surface area contributed by atoms with E-state index in [9.17, 15) is 5.11 Å². The molecule has 0 atom stereocenters. The Labute approximate surface area is 126 Å². The number of benzene rings is 1. The van der Waals surface area contributed by atoms with Crippen LogP contribution < -0.4 is 5.32 Å². The first-order valence-electron chi connectivity index (χ1n) is 7.94. The Bertz CT molecular complexity index is 618. The van der Waals surface area contributed by atoms with Crippen molar-refractivity contribution in [3.63, 3.8) is 0 Å². The molecule has 1 saturated carbocycles. The molecule has 0 saturated heterocycles. The summed E-state index contributed by atoms with van der Waals surface area (Å²) >= 11 is 0. The monoisotopic (exact) mass is 284 g/mol. The van der Waals surface area contributed by atoms with Gasteiger partial charge in [0.1, 0.15) is 0 Å². The Kier molecular flexibility index (Phi) is 4.11. The first-order valence-corrected chi connectivity index (χ1v) is 7.94. The fourth-order valence-corrected chi connectivity index (χ4v) is 3.43. The lowest BCUT2D eigenvalue weighted by Crippen LogP contribution is -2.35. The fourth-order valence-electron chi connectivity index (χ4n) is 3.43. The van der Waals surface area contributed by atoms with Gasteiger partial charge in [0, 0.05) is 28.7 Å². The van der Waals surface area contributed by atoms with Crippen molar-refractivity contribution in [2.45, 2.75) is 39.0 Å². The molecule has 3 heteroatoms.